The second-order valence-corrected chi connectivity index (χ2v) is 31.7. The molecular formula is C66H107NO28. The number of fused-ring (bicyclic) bond motifs is 7. The Labute approximate surface area is 553 Å². The number of amides is 1. The quantitative estimate of drug-likeness (QED) is 0.0514. The van der Waals surface area contributed by atoms with E-state index >= 15 is 0 Å². The molecule has 95 heavy (non-hydrogen) atoms. The molecule has 0 bridgehead atoms. The molecule has 15 N–H and O–H groups in total. The fraction of sp³-hybridized carbons (Fsp3) is 0.939. The van der Waals surface area contributed by atoms with Crippen LogP contribution in [-0.4, -0.2) is 281 Å². The number of carbonyl (C=O) groups excluding carboxylic acids is 2. The number of nitrogens with one attached hydrogen (secondary N) is 1. The lowest BCUT2D eigenvalue weighted by molar-refractivity contribution is -0.380. The first kappa shape index (κ1) is 73.9. The van der Waals surface area contributed by atoms with Crippen molar-refractivity contribution in [3.05, 3.63) is 11.6 Å². The smallest absolute Gasteiger partial charge is 0.315 e. The minimum atomic E-state index is -1.92. The summed E-state index contributed by atoms with van der Waals surface area (Å²) in [7, 11) is 0. The van der Waals surface area contributed by atoms with Crippen molar-refractivity contribution in [3.8, 4) is 0 Å². The van der Waals surface area contributed by atoms with Crippen LogP contribution in [0, 0.1) is 50.2 Å². The maximum Gasteiger partial charge on any atom is 0.315 e. The predicted octanol–water partition coefficient (Wildman–Crippen LogP) is -1.88. The van der Waals surface area contributed by atoms with Gasteiger partial charge in [-0.15, -0.1) is 0 Å². The van der Waals surface area contributed by atoms with Crippen molar-refractivity contribution < 1.29 is 138 Å². The van der Waals surface area contributed by atoms with E-state index in [1.807, 2.05) is 0 Å². The van der Waals surface area contributed by atoms with Crippen LogP contribution in [0.4, 0.5) is 0 Å². The molecule has 25 unspecified atom stereocenters. The van der Waals surface area contributed by atoms with Gasteiger partial charge in [0.1, 0.15) is 116 Å². The summed E-state index contributed by atoms with van der Waals surface area (Å²) in [6, 6.07) is -1.24. The number of esters is 1. The van der Waals surface area contributed by atoms with Crippen molar-refractivity contribution >= 4 is 11.9 Å². The fourth-order valence-corrected chi connectivity index (χ4v) is 19.1. The zero-order valence-electron chi connectivity index (χ0n) is 56.2. The lowest BCUT2D eigenvalue weighted by Crippen LogP contribution is -2.68. The van der Waals surface area contributed by atoms with Crippen LogP contribution < -0.4 is 5.32 Å². The molecule has 11 rings (SSSR count). The number of hydrogen-bond donors (Lipinski definition) is 15. The number of aliphatic hydroxyl groups excluding tert-OH is 14. The van der Waals surface area contributed by atoms with E-state index in [0.29, 0.717) is 19.3 Å². The Morgan fingerprint density at radius 1 is 0.526 bits per heavy atom. The van der Waals surface area contributed by atoms with Crippen LogP contribution in [0.25, 0.3) is 0 Å². The largest absolute Gasteiger partial charge is 0.432 e. The molecule has 4 saturated carbocycles. The summed E-state index contributed by atoms with van der Waals surface area (Å²) in [4.78, 5) is 27.5. The minimum absolute atomic E-state index is 0.0678. The molecule has 0 spiro atoms. The third-order valence-corrected chi connectivity index (χ3v) is 25.1. The topological polar surface area (TPSA) is 440 Å². The van der Waals surface area contributed by atoms with Crippen LogP contribution >= 0.6 is 0 Å². The summed E-state index contributed by atoms with van der Waals surface area (Å²) in [6.45, 7) is 20.3. The van der Waals surface area contributed by atoms with Crippen molar-refractivity contribution in [3.63, 3.8) is 0 Å². The number of allylic oxidation sites excluding steroid dienone is 2. The van der Waals surface area contributed by atoms with E-state index in [1.54, 1.807) is 0 Å². The molecule has 0 aromatic heterocycles. The Morgan fingerprint density at radius 2 is 1.08 bits per heavy atom. The average Bonchev–Trinajstić information content (AvgIpc) is 0.676. The van der Waals surface area contributed by atoms with Crippen molar-refractivity contribution in [2.75, 3.05) is 19.8 Å². The number of hydrogen-bond acceptors (Lipinski definition) is 28. The summed E-state index contributed by atoms with van der Waals surface area (Å²) in [5, 5.41) is 157. The highest BCUT2D eigenvalue weighted by Crippen LogP contribution is 2.76. The van der Waals surface area contributed by atoms with Gasteiger partial charge in [-0.2, -0.15) is 0 Å². The summed E-state index contributed by atoms with van der Waals surface area (Å²) in [5.74, 6) is -0.749. The molecular weight excluding hydrogens is 1250 g/mol. The van der Waals surface area contributed by atoms with Gasteiger partial charge in [-0.25, -0.2) is 0 Å². The van der Waals surface area contributed by atoms with Gasteiger partial charge in [-0.1, -0.05) is 60.1 Å². The van der Waals surface area contributed by atoms with Gasteiger partial charge in [0.15, 0.2) is 31.5 Å². The number of rotatable bonds is 14. The highest BCUT2D eigenvalue weighted by atomic mass is 16.8. The monoisotopic (exact) mass is 1360 g/mol. The Hall–Kier alpha value is -2.32. The van der Waals surface area contributed by atoms with Gasteiger partial charge in [0.25, 0.3) is 0 Å². The Morgan fingerprint density at radius 3 is 1.75 bits per heavy atom. The minimum Gasteiger partial charge on any atom is -0.432 e. The molecule has 0 aromatic carbocycles. The lowest BCUT2D eigenvalue weighted by Gasteiger charge is -2.71. The molecule has 11 aliphatic rings. The SMILES string of the molecule is CC(=O)N[C@@H]1[C@@H](O[C@@H]2CC[C@]3(C)C(CC[C@@]4(C)C3CC=C3[C@H]5CC(C)(C)CC[C@@]5(C(=O)OC5OCC(O)C(O)C5O)CC[C@@]34C)C2(C)C)O[C@@H](COC2OC(C)C(O)C(OC3OCC(O)C(OC4OC(C)C(O)C(OC5OC(C)C(O)C(O)C5O)C4O)C3O)C2O)[C@H](O)[C@H]1O. The van der Waals surface area contributed by atoms with E-state index in [1.165, 1.54) is 33.3 Å². The van der Waals surface area contributed by atoms with E-state index in [0.717, 1.165) is 44.9 Å². The second-order valence-electron chi connectivity index (χ2n) is 31.7. The molecule has 0 radical (unpaired) electrons. The molecule has 544 valence electrons. The molecule has 10 fully saturated rings. The first-order valence-corrected chi connectivity index (χ1v) is 34.2. The Balaban J connectivity index is 0.746. The molecule has 29 heteroatoms. The highest BCUT2D eigenvalue weighted by Gasteiger charge is 2.70. The standard InChI is InChI=1S/C66H107NO28/c1-26-39(71)45(77)47(79)58(88-26)94-53-41(73)28(3)89-59(50(53)82)92-51-33(70)24-85-57(48(51)80)93-52-40(72)27(2)87-56(49(52)81)86-25-34-43(75)44(76)38(67-29(4)68)54(90-34)91-37-15-16-63(9)35(62(37,7)8)14-17-65(11)36(63)13-12-30-31-22-61(5,6)18-20-66(31,21-19-64(30,65)10)60(83)95-55-46(78)42(74)32(69)23-84-55/h12,26-28,31-59,69-82H,13-25H2,1-11H3,(H,67,68)/t26?,27?,28?,31-,32?,33?,34+,35?,36?,37-,38+,39?,40?,41?,42?,43+,44+,45?,46?,47?,48?,49?,50?,51?,52?,53?,54-,55?,56?,57?,58?,59?,63-,64+,65+,66-/m1/s1. The first-order valence-electron chi connectivity index (χ1n) is 34.2. The number of aliphatic hydroxyl groups is 14. The van der Waals surface area contributed by atoms with E-state index < -0.39 is 214 Å². The summed E-state index contributed by atoms with van der Waals surface area (Å²) >= 11 is 0. The van der Waals surface area contributed by atoms with E-state index in [9.17, 15) is 81.1 Å². The average molecular weight is 1360 g/mol. The summed E-state index contributed by atoms with van der Waals surface area (Å²) in [6.07, 6.45) is -32.8. The number of ether oxygens (including phenoxy) is 12. The van der Waals surface area contributed by atoms with Gasteiger partial charge in [0.2, 0.25) is 12.2 Å². The molecule has 0 aromatic rings. The molecule has 6 aliphatic heterocycles. The van der Waals surface area contributed by atoms with Gasteiger partial charge in [-0.3, -0.25) is 9.59 Å². The molecule has 29 nitrogen and oxygen atoms in total. The lowest BCUT2D eigenvalue weighted by atomic mass is 9.33. The summed E-state index contributed by atoms with van der Waals surface area (Å²) < 4.78 is 71.7. The zero-order valence-corrected chi connectivity index (χ0v) is 56.2. The van der Waals surface area contributed by atoms with Crippen LogP contribution in [0.3, 0.4) is 0 Å². The van der Waals surface area contributed by atoms with Crippen LogP contribution in [0.5, 0.6) is 0 Å². The third-order valence-electron chi connectivity index (χ3n) is 25.1. The van der Waals surface area contributed by atoms with Crippen molar-refractivity contribution in [2.24, 2.45) is 50.2 Å². The van der Waals surface area contributed by atoms with Gasteiger partial charge >= 0.3 is 5.97 Å². The van der Waals surface area contributed by atoms with E-state index in [2.05, 4.69) is 59.9 Å². The van der Waals surface area contributed by atoms with Gasteiger partial charge < -0.3 is 134 Å². The third kappa shape index (κ3) is 13.1. The molecule has 6 saturated heterocycles. The normalized spacial score (nSPS) is 53.7. The predicted molar refractivity (Wildman–Crippen MR) is 323 cm³/mol. The van der Waals surface area contributed by atoms with Crippen molar-refractivity contribution in [1.29, 1.82) is 0 Å². The van der Waals surface area contributed by atoms with Crippen molar-refractivity contribution in [1.82, 2.24) is 5.32 Å². The van der Waals surface area contributed by atoms with Gasteiger partial charge in [0.05, 0.1) is 49.7 Å². The van der Waals surface area contributed by atoms with Crippen LogP contribution in [0.2, 0.25) is 0 Å². The molecule has 6 heterocycles. The molecule has 36 atom stereocenters. The van der Waals surface area contributed by atoms with Crippen LogP contribution in [-0.2, 0) is 66.4 Å². The first-order chi connectivity index (χ1) is 44.4. The van der Waals surface area contributed by atoms with Crippen LogP contribution in [0.15, 0.2) is 11.6 Å². The maximum atomic E-state index is 14.7. The van der Waals surface area contributed by atoms with Crippen molar-refractivity contribution in [2.45, 2.75) is 318 Å². The molecule has 1 amide bonds. The maximum absolute atomic E-state index is 14.7. The number of carbonyl (C=O) groups is 2. The Bertz CT molecular complexity index is 2730. The van der Waals surface area contributed by atoms with Crippen LogP contribution in [0.1, 0.15) is 140 Å². The fourth-order valence-electron chi connectivity index (χ4n) is 19.1. The summed E-state index contributed by atoms with van der Waals surface area (Å²) in [5.41, 5.74) is -0.838. The van der Waals surface area contributed by atoms with E-state index in [4.69, 9.17) is 56.8 Å². The van der Waals surface area contributed by atoms with Gasteiger partial charge in [0, 0.05) is 6.92 Å². The van der Waals surface area contributed by atoms with E-state index in [-0.39, 0.29) is 46.0 Å². The zero-order chi connectivity index (χ0) is 69.3. The second kappa shape index (κ2) is 27.5. The van der Waals surface area contributed by atoms with Gasteiger partial charge in [-0.05, 0) is 130 Å². The molecule has 5 aliphatic carbocycles. The highest BCUT2D eigenvalue weighted by molar-refractivity contribution is 5.79. The Kier molecular flexibility index (Phi) is 21.4.